The molecule has 2 aromatic carbocycles. The molecule has 4 rings (SSSR count). The number of nitrogens with one attached hydrogen (secondary N) is 1. The number of nitrogens with zero attached hydrogens (tertiary/aromatic N) is 3. The molecular formula is C32H38N4O9S. The van der Waals surface area contributed by atoms with E-state index in [0.29, 0.717) is 19.4 Å². The van der Waals surface area contributed by atoms with Crippen molar-refractivity contribution < 1.29 is 37.4 Å². The molecule has 14 heteroatoms. The summed E-state index contributed by atoms with van der Waals surface area (Å²) in [6.45, 7) is 3.87. The van der Waals surface area contributed by atoms with E-state index in [2.05, 4.69) is 9.97 Å². The average molecular weight is 655 g/mol. The maximum Gasteiger partial charge on any atom is 0.410 e. The minimum absolute atomic E-state index is 0.0281. The van der Waals surface area contributed by atoms with Crippen molar-refractivity contribution in [1.82, 2.24) is 19.8 Å². The number of sulfone groups is 1. The number of esters is 1. The lowest BCUT2D eigenvalue weighted by molar-refractivity contribution is -0.143. The summed E-state index contributed by atoms with van der Waals surface area (Å²) >= 11 is 0. The molecule has 1 saturated heterocycles. The number of aromatic nitrogens is 2. The number of aliphatic hydroxyl groups is 1. The van der Waals surface area contributed by atoms with Crippen LogP contribution in [0.1, 0.15) is 61.5 Å². The molecule has 46 heavy (non-hydrogen) atoms. The van der Waals surface area contributed by atoms with Gasteiger partial charge in [0.2, 0.25) is 5.75 Å². The molecule has 0 bridgehead atoms. The van der Waals surface area contributed by atoms with Crippen LogP contribution in [-0.4, -0.2) is 83.3 Å². The largest absolute Gasteiger partial charge is 0.445 e. The second kappa shape index (κ2) is 14.7. The molecule has 2 heterocycles. The maximum absolute atomic E-state index is 13.9. The van der Waals surface area contributed by atoms with Gasteiger partial charge in [0, 0.05) is 19.6 Å². The van der Waals surface area contributed by atoms with Crippen LogP contribution in [0.25, 0.3) is 0 Å². The van der Waals surface area contributed by atoms with Crippen molar-refractivity contribution in [1.29, 1.82) is 0 Å². The molecule has 0 unspecified atom stereocenters. The van der Waals surface area contributed by atoms with Crippen molar-refractivity contribution in [2.24, 2.45) is 5.41 Å². The lowest BCUT2D eigenvalue weighted by Crippen LogP contribution is -2.40. The number of aliphatic hydroxyl groups excluding tert-OH is 1. The Bertz CT molecular complexity index is 1700. The zero-order valence-electron chi connectivity index (χ0n) is 26.0. The minimum Gasteiger partial charge on any atom is -0.445 e. The average Bonchev–Trinajstić information content (AvgIpc) is 3.53. The zero-order valence-corrected chi connectivity index (χ0v) is 26.8. The van der Waals surface area contributed by atoms with Crippen LogP contribution in [0.3, 0.4) is 0 Å². The molecule has 0 spiro atoms. The number of rotatable bonds is 11. The second-order valence-electron chi connectivity index (χ2n) is 11.8. The van der Waals surface area contributed by atoms with E-state index in [1.165, 1.54) is 17.0 Å². The van der Waals surface area contributed by atoms with Crippen molar-refractivity contribution >= 4 is 27.8 Å². The van der Waals surface area contributed by atoms with Gasteiger partial charge in [-0.3, -0.25) is 19.3 Å². The molecule has 2 N–H and O–H groups in total. The third-order valence-electron chi connectivity index (χ3n) is 7.30. The predicted molar refractivity (Wildman–Crippen MR) is 167 cm³/mol. The van der Waals surface area contributed by atoms with Crippen LogP contribution in [0.15, 0.2) is 70.4 Å². The summed E-state index contributed by atoms with van der Waals surface area (Å²) in [4.78, 5) is 62.7. The van der Waals surface area contributed by atoms with E-state index in [-0.39, 0.29) is 30.4 Å². The van der Waals surface area contributed by atoms with E-state index in [0.717, 1.165) is 10.5 Å². The van der Waals surface area contributed by atoms with Gasteiger partial charge in [-0.25, -0.2) is 18.2 Å². The lowest BCUT2D eigenvalue weighted by atomic mass is 9.97. The molecule has 1 aliphatic rings. The molecule has 1 fully saturated rings. The number of likely N-dealkylation sites (tertiary alicyclic amines) is 1. The van der Waals surface area contributed by atoms with Crippen molar-refractivity contribution in [2.75, 3.05) is 32.0 Å². The molecule has 13 nitrogen and oxygen atoms in total. The van der Waals surface area contributed by atoms with Gasteiger partial charge in [-0.1, -0.05) is 48.5 Å². The van der Waals surface area contributed by atoms with Crippen molar-refractivity contribution in [3.05, 3.63) is 88.1 Å². The number of aromatic amines is 1. The summed E-state index contributed by atoms with van der Waals surface area (Å²) in [6.07, 6.45) is 0.318. The Morgan fingerprint density at radius 3 is 2.33 bits per heavy atom. The third-order valence-corrected chi connectivity index (χ3v) is 9.01. The van der Waals surface area contributed by atoms with Gasteiger partial charge in [0.05, 0.1) is 28.7 Å². The van der Waals surface area contributed by atoms with Crippen molar-refractivity contribution in [2.45, 2.75) is 51.2 Å². The number of amides is 2. The van der Waals surface area contributed by atoms with Gasteiger partial charge in [-0.2, -0.15) is 0 Å². The van der Waals surface area contributed by atoms with Crippen molar-refractivity contribution in [3.8, 4) is 5.75 Å². The van der Waals surface area contributed by atoms with Crippen LogP contribution in [-0.2, 0) is 26.0 Å². The van der Waals surface area contributed by atoms with Crippen LogP contribution in [0.4, 0.5) is 4.79 Å². The van der Waals surface area contributed by atoms with Gasteiger partial charge in [-0.15, -0.1) is 0 Å². The van der Waals surface area contributed by atoms with Gasteiger partial charge in [0.15, 0.2) is 15.5 Å². The van der Waals surface area contributed by atoms with E-state index in [1.807, 2.05) is 30.3 Å². The number of carbonyl (C=O) groups is 3. The Morgan fingerprint density at radius 2 is 1.70 bits per heavy atom. The molecule has 0 radical (unpaired) electrons. The Balaban J connectivity index is 1.67. The van der Waals surface area contributed by atoms with E-state index in [4.69, 9.17) is 9.47 Å². The maximum atomic E-state index is 13.9. The number of ether oxygens (including phenoxy) is 2. The zero-order chi connectivity index (χ0) is 33.5. The highest BCUT2D eigenvalue weighted by molar-refractivity contribution is 7.91. The quantitative estimate of drug-likeness (QED) is 0.292. The highest BCUT2D eigenvalue weighted by atomic mass is 32.2. The first-order valence-electron chi connectivity index (χ1n) is 14.8. The molecule has 0 saturated carbocycles. The number of hydrogen-bond acceptors (Lipinski definition) is 10. The first kappa shape index (κ1) is 34.3. The van der Waals surface area contributed by atoms with Crippen LogP contribution in [0.5, 0.6) is 5.75 Å². The fourth-order valence-electron chi connectivity index (χ4n) is 4.76. The smallest absolute Gasteiger partial charge is 0.410 e. The molecule has 1 aliphatic heterocycles. The fourth-order valence-corrected chi connectivity index (χ4v) is 6.02. The Kier molecular flexibility index (Phi) is 11.0. The Morgan fingerprint density at radius 1 is 1.04 bits per heavy atom. The monoisotopic (exact) mass is 654 g/mol. The fraction of sp³-hybridized carbons (Fsp3) is 0.406. The first-order valence-corrected chi connectivity index (χ1v) is 16.5. The van der Waals surface area contributed by atoms with E-state index < -0.39 is 68.6 Å². The van der Waals surface area contributed by atoms with Gasteiger partial charge in [0.1, 0.15) is 12.4 Å². The van der Waals surface area contributed by atoms with Gasteiger partial charge in [0.25, 0.3) is 11.5 Å². The highest BCUT2D eigenvalue weighted by Gasteiger charge is 2.36. The summed E-state index contributed by atoms with van der Waals surface area (Å²) in [5, 5.41) is 9.74. The normalized spacial score (nSPS) is 15.0. The lowest BCUT2D eigenvalue weighted by Gasteiger charge is -2.26. The number of H-pyrrole nitrogens is 1. The second-order valence-corrected chi connectivity index (χ2v) is 13.9. The topological polar surface area (TPSA) is 176 Å². The van der Waals surface area contributed by atoms with Gasteiger partial charge < -0.3 is 24.5 Å². The van der Waals surface area contributed by atoms with Crippen LogP contribution >= 0.6 is 0 Å². The summed E-state index contributed by atoms with van der Waals surface area (Å²) in [5.74, 6) is -2.93. The number of carbonyl (C=O) groups excluding carboxylic acids is 3. The third kappa shape index (κ3) is 8.37. The Labute approximate surface area is 267 Å². The molecule has 0 aliphatic carbocycles. The van der Waals surface area contributed by atoms with E-state index in [1.54, 1.807) is 39.0 Å². The summed E-state index contributed by atoms with van der Waals surface area (Å²) in [7, 11) is -3.82. The Hall–Kier alpha value is -4.56. The molecule has 2 amide bonds. The van der Waals surface area contributed by atoms with E-state index >= 15 is 0 Å². The van der Waals surface area contributed by atoms with Gasteiger partial charge >= 0.3 is 12.1 Å². The SMILES string of the molecule is CC(C)(C)C(=O)Oc1c(C(=O)N(CCO)CCS(=O)(=O)c2ccccc2)nc([C@H]2CCCN2C(=O)OCc2ccccc2)[nH]c1=O. The molecule has 3 aromatic rings. The summed E-state index contributed by atoms with van der Waals surface area (Å²) in [6, 6.07) is 16.0. The molecular weight excluding hydrogens is 616 g/mol. The molecule has 246 valence electrons. The molecule has 1 aromatic heterocycles. The predicted octanol–water partition coefficient (Wildman–Crippen LogP) is 3.10. The van der Waals surface area contributed by atoms with Crippen LogP contribution < -0.4 is 10.3 Å². The summed E-state index contributed by atoms with van der Waals surface area (Å²) in [5.41, 5.74) is -1.75. The summed E-state index contributed by atoms with van der Waals surface area (Å²) < 4.78 is 36.8. The molecule has 1 atom stereocenters. The van der Waals surface area contributed by atoms with E-state index in [9.17, 15) is 32.7 Å². The number of hydrogen-bond donors (Lipinski definition) is 2. The van der Waals surface area contributed by atoms with Crippen molar-refractivity contribution in [3.63, 3.8) is 0 Å². The van der Waals surface area contributed by atoms with Crippen LogP contribution in [0, 0.1) is 5.41 Å². The standard InChI is InChI=1S/C32H38N4O9S/c1-32(2,3)30(40)45-26-25(29(39)35(17-19-37)18-20-46(42,43)23-13-8-5-9-14-23)33-27(34-28(26)38)24-15-10-16-36(24)31(41)44-21-22-11-6-4-7-12-22/h4-9,11-14,24,37H,10,15-21H2,1-3H3,(H,33,34,38)/t24-/m1/s1. The minimum atomic E-state index is -3.82. The number of benzene rings is 2. The first-order chi connectivity index (χ1) is 21.8. The highest BCUT2D eigenvalue weighted by Crippen LogP contribution is 2.31. The van der Waals surface area contributed by atoms with Gasteiger partial charge in [-0.05, 0) is 51.3 Å². The van der Waals surface area contributed by atoms with Crippen LogP contribution in [0.2, 0.25) is 0 Å².